The molecule has 3 aromatic rings. The lowest BCUT2D eigenvalue weighted by Crippen LogP contribution is -2.28. The Labute approximate surface area is 154 Å². The molecule has 0 radical (unpaired) electrons. The van der Waals surface area contributed by atoms with E-state index in [9.17, 15) is 4.79 Å². The number of aryl methyl sites for hydroxylation is 2. The molecule has 1 saturated heterocycles. The van der Waals surface area contributed by atoms with Crippen LogP contribution in [-0.4, -0.2) is 16.0 Å². The molecule has 0 aliphatic carbocycles. The molecule has 0 bridgehead atoms. The van der Waals surface area contributed by atoms with Gasteiger partial charge in [0.15, 0.2) is 0 Å². The molecule has 24 heavy (non-hydrogen) atoms. The fraction of sp³-hybridized carbons (Fsp3) is 0.158. The Morgan fingerprint density at radius 2 is 1.92 bits per heavy atom. The summed E-state index contributed by atoms with van der Waals surface area (Å²) in [4.78, 5) is 15.1. The van der Waals surface area contributed by atoms with Gasteiger partial charge in [0.1, 0.15) is 4.32 Å². The van der Waals surface area contributed by atoms with E-state index in [-0.39, 0.29) is 5.91 Å². The zero-order valence-corrected chi connectivity index (χ0v) is 15.8. The summed E-state index contributed by atoms with van der Waals surface area (Å²) in [5.74, 6) is 0.510. The van der Waals surface area contributed by atoms with E-state index in [0.29, 0.717) is 10.1 Å². The maximum Gasteiger partial charge on any atom is 0.243 e. The van der Waals surface area contributed by atoms with Crippen molar-refractivity contribution < 1.29 is 4.79 Å². The van der Waals surface area contributed by atoms with Crippen LogP contribution in [0.4, 0.5) is 5.69 Å². The highest BCUT2D eigenvalue weighted by Gasteiger charge is 2.29. The Balaban J connectivity index is 1.86. The summed E-state index contributed by atoms with van der Waals surface area (Å²) in [7, 11) is 0. The first-order valence-corrected chi connectivity index (χ1v) is 9.91. The fourth-order valence-corrected chi connectivity index (χ4v) is 5.27. The number of carbonyl (C=O) groups is 1. The fourth-order valence-electron chi connectivity index (χ4n) is 3.07. The molecule has 5 heteroatoms. The first-order chi connectivity index (χ1) is 11.6. The van der Waals surface area contributed by atoms with Crippen LogP contribution in [0.3, 0.4) is 0 Å². The third-order valence-electron chi connectivity index (χ3n) is 4.29. The quantitative estimate of drug-likeness (QED) is 0.552. The van der Waals surface area contributed by atoms with Crippen LogP contribution in [0.2, 0.25) is 0 Å². The molecule has 0 N–H and O–H groups in total. The molecule has 2 heterocycles. The summed E-state index contributed by atoms with van der Waals surface area (Å²) in [6.45, 7) is 4.15. The molecule has 1 aromatic heterocycles. The largest absolute Gasteiger partial charge is 0.273 e. The van der Waals surface area contributed by atoms with E-state index in [1.54, 1.807) is 16.2 Å². The molecule has 0 unspecified atom stereocenters. The summed E-state index contributed by atoms with van der Waals surface area (Å²) < 4.78 is 0.650. The van der Waals surface area contributed by atoms with Gasteiger partial charge in [0.05, 0.1) is 11.4 Å². The Hall–Kier alpha value is -1.69. The van der Waals surface area contributed by atoms with Crippen molar-refractivity contribution in [2.45, 2.75) is 13.8 Å². The van der Waals surface area contributed by atoms with Gasteiger partial charge in [-0.3, -0.25) is 9.69 Å². The molecule has 120 valence electrons. The first-order valence-electron chi connectivity index (χ1n) is 7.64. The van der Waals surface area contributed by atoms with Crippen LogP contribution in [0, 0.1) is 13.8 Å². The van der Waals surface area contributed by atoms with E-state index in [1.807, 2.05) is 6.92 Å². The predicted molar refractivity (Wildman–Crippen MR) is 109 cm³/mol. The molecule has 2 aromatic carbocycles. The molecule has 2 nitrogen and oxygen atoms in total. The number of fused-ring (bicyclic) bond motifs is 1. The minimum atomic E-state index is 0.0711. The number of anilines is 1. The zero-order valence-electron chi connectivity index (χ0n) is 13.3. The second-order valence-electron chi connectivity index (χ2n) is 5.89. The number of benzene rings is 2. The number of amides is 1. The number of nitrogens with zero attached hydrogens (tertiary/aromatic N) is 1. The third kappa shape index (κ3) is 2.48. The molecule has 1 aliphatic rings. The highest BCUT2D eigenvalue weighted by Crippen LogP contribution is 2.40. The Kier molecular flexibility index (Phi) is 3.95. The lowest BCUT2D eigenvalue weighted by Gasteiger charge is -2.20. The SMILES string of the molecule is Cc1cc(N2C(=O)CSC2=S)c(C)cc1-c1scc2ccccc12. The minimum Gasteiger partial charge on any atom is -0.273 e. The van der Waals surface area contributed by atoms with Crippen molar-refractivity contribution in [1.82, 2.24) is 0 Å². The van der Waals surface area contributed by atoms with Gasteiger partial charge < -0.3 is 0 Å². The molecule has 1 amide bonds. The molecule has 0 atom stereocenters. The van der Waals surface area contributed by atoms with Crippen LogP contribution in [0.25, 0.3) is 21.2 Å². The smallest absolute Gasteiger partial charge is 0.243 e. The van der Waals surface area contributed by atoms with Gasteiger partial charge in [-0.15, -0.1) is 11.3 Å². The van der Waals surface area contributed by atoms with Crippen LogP contribution in [0.5, 0.6) is 0 Å². The normalized spacial score (nSPS) is 14.8. The molecular weight excluding hydrogens is 354 g/mol. The number of rotatable bonds is 2. The van der Waals surface area contributed by atoms with Crippen molar-refractivity contribution in [3.63, 3.8) is 0 Å². The van der Waals surface area contributed by atoms with Crippen molar-refractivity contribution in [3.05, 3.63) is 52.9 Å². The third-order valence-corrected chi connectivity index (χ3v) is 6.69. The highest BCUT2D eigenvalue weighted by molar-refractivity contribution is 8.24. The highest BCUT2D eigenvalue weighted by atomic mass is 32.2. The van der Waals surface area contributed by atoms with Gasteiger partial charge in [-0.25, -0.2) is 0 Å². The van der Waals surface area contributed by atoms with E-state index in [2.05, 4.69) is 48.7 Å². The van der Waals surface area contributed by atoms with Crippen LogP contribution >= 0.6 is 35.3 Å². The number of carbonyl (C=O) groups excluding carboxylic acids is 1. The van der Waals surface area contributed by atoms with Crippen LogP contribution in [-0.2, 0) is 4.79 Å². The van der Waals surface area contributed by atoms with Gasteiger partial charge in [0.2, 0.25) is 5.91 Å². The zero-order chi connectivity index (χ0) is 16.8. The topological polar surface area (TPSA) is 20.3 Å². The van der Waals surface area contributed by atoms with Crippen molar-refractivity contribution >= 4 is 62.0 Å². The Morgan fingerprint density at radius 3 is 2.67 bits per heavy atom. The lowest BCUT2D eigenvalue weighted by atomic mass is 9.99. The van der Waals surface area contributed by atoms with Gasteiger partial charge in [0.25, 0.3) is 0 Å². The predicted octanol–water partition coefficient (Wildman–Crippen LogP) is 5.55. The van der Waals surface area contributed by atoms with Crippen LogP contribution < -0.4 is 4.90 Å². The van der Waals surface area contributed by atoms with Crippen LogP contribution in [0.15, 0.2) is 41.8 Å². The summed E-state index contributed by atoms with van der Waals surface area (Å²) in [5.41, 5.74) is 4.38. The van der Waals surface area contributed by atoms with E-state index < -0.39 is 0 Å². The minimum absolute atomic E-state index is 0.0711. The standard InChI is InChI=1S/C19H15NOS3/c1-11-8-16(20-17(21)10-24-19(20)22)12(2)7-15(11)18-14-6-4-3-5-13(14)9-23-18/h3-9H,10H2,1-2H3. The maximum atomic E-state index is 12.2. The summed E-state index contributed by atoms with van der Waals surface area (Å²) in [6.07, 6.45) is 0. The first kappa shape index (κ1) is 15.8. The van der Waals surface area contributed by atoms with Gasteiger partial charge in [-0.1, -0.05) is 48.2 Å². The number of hydrogen-bond donors (Lipinski definition) is 0. The van der Waals surface area contributed by atoms with Gasteiger partial charge in [0, 0.05) is 10.3 Å². The second kappa shape index (κ2) is 5.99. The van der Waals surface area contributed by atoms with E-state index in [1.165, 1.54) is 33.0 Å². The molecule has 1 fully saturated rings. The molecule has 1 aliphatic heterocycles. The summed E-state index contributed by atoms with van der Waals surface area (Å²) in [6, 6.07) is 12.7. The molecular formula is C19H15NOS3. The van der Waals surface area contributed by atoms with Crippen LogP contribution in [0.1, 0.15) is 11.1 Å². The van der Waals surface area contributed by atoms with E-state index >= 15 is 0 Å². The van der Waals surface area contributed by atoms with Crippen molar-refractivity contribution in [2.75, 3.05) is 10.7 Å². The van der Waals surface area contributed by atoms with Crippen molar-refractivity contribution in [1.29, 1.82) is 0 Å². The molecule has 4 rings (SSSR count). The summed E-state index contributed by atoms with van der Waals surface area (Å²) >= 11 is 8.55. The lowest BCUT2D eigenvalue weighted by molar-refractivity contribution is -0.115. The van der Waals surface area contributed by atoms with Crippen molar-refractivity contribution in [2.24, 2.45) is 0 Å². The van der Waals surface area contributed by atoms with E-state index in [4.69, 9.17) is 12.2 Å². The number of thiophene rings is 1. The maximum absolute atomic E-state index is 12.2. The average molecular weight is 370 g/mol. The average Bonchev–Trinajstić information content (AvgIpc) is 3.13. The Bertz CT molecular complexity index is 973. The molecule has 0 spiro atoms. The number of thiocarbonyl (C=S) groups is 1. The Morgan fingerprint density at radius 1 is 1.12 bits per heavy atom. The van der Waals surface area contributed by atoms with Gasteiger partial charge >= 0.3 is 0 Å². The van der Waals surface area contributed by atoms with E-state index in [0.717, 1.165) is 16.8 Å². The van der Waals surface area contributed by atoms with Gasteiger partial charge in [-0.05, 0) is 53.4 Å². The second-order valence-corrected chi connectivity index (χ2v) is 8.38. The monoisotopic (exact) mass is 369 g/mol. The summed E-state index contributed by atoms with van der Waals surface area (Å²) in [5, 5.41) is 4.75. The van der Waals surface area contributed by atoms with Gasteiger partial charge in [-0.2, -0.15) is 0 Å². The van der Waals surface area contributed by atoms with Crippen molar-refractivity contribution in [3.8, 4) is 10.4 Å². The molecule has 0 saturated carbocycles. The number of thioether (sulfide) groups is 1. The number of hydrogen-bond acceptors (Lipinski definition) is 4.